The van der Waals surface area contributed by atoms with Crippen LogP contribution in [-0.4, -0.2) is 24.7 Å². The molecule has 9 heteroatoms. The van der Waals surface area contributed by atoms with Crippen LogP contribution in [0.4, 0.5) is 24.5 Å². The lowest BCUT2D eigenvalue weighted by Crippen LogP contribution is -2.12. The Labute approximate surface area is 171 Å². The van der Waals surface area contributed by atoms with E-state index in [1.165, 1.54) is 31.5 Å². The second-order valence-electron chi connectivity index (χ2n) is 5.79. The lowest BCUT2D eigenvalue weighted by Gasteiger charge is -2.18. The number of hydrogen-bond donors (Lipinski definition) is 1. The van der Waals surface area contributed by atoms with E-state index in [1.54, 1.807) is 25.1 Å². The third-order valence-electron chi connectivity index (χ3n) is 4.07. The molecular formula is C20H18ClF3N2O3. The van der Waals surface area contributed by atoms with Crippen LogP contribution in [0.3, 0.4) is 0 Å². The molecule has 154 valence electrons. The molecule has 0 saturated carbocycles. The fourth-order valence-electron chi connectivity index (χ4n) is 2.83. The first-order valence-corrected chi connectivity index (χ1v) is 8.43. The molecule has 0 spiro atoms. The Kier molecular flexibility index (Phi) is 6.92. The van der Waals surface area contributed by atoms with Gasteiger partial charge in [-0.3, -0.25) is 4.98 Å². The number of ether oxygens (including phenoxy) is 2. The summed E-state index contributed by atoms with van der Waals surface area (Å²) in [5.41, 5.74) is -0.433. The van der Waals surface area contributed by atoms with Crippen LogP contribution < -0.4 is 10.1 Å². The summed E-state index contributed by atoms with van der Waals surface area (Å²) in [5.74, 6) is -0.258. The summed E-state index contributed by atoms with van der Waals surface area (Å²) in [4.78, 5) is 16.6. The number of anilines is 2. The molecule has 0 aliphatic heterocycles. The molecule has 29 heavy (non-hydrogen) atoms. The van der Waals surface area contributed by atoms with Crippen LogP contribution in [-0.2, 0) is 10.9 Å². The minimum Gasteiger partial charge on any atom is -0.494 e. The molecular weight excluding hydrogens is 409 g/mol. The number of halogens is 4. The van der Waals surface area contributed by atoms with E-state index in [1.807, 2.05) is 0 Å². The maximum atomic E-state index is 13.4. The summed E-state index contributed by atoms with van der Waals surface area (Å²) < 4.78 is 50.5. The Morgan fingerprint density at radius 3 is 2.52 bits per heavy atom. The van der Waals surface area contributed by atoms with E-state index in [0.29, 0.717) is 16.7 Å². The molecule has 3 aromatic rings. The second-order valence-corrected chi connectivity index (χ2v) is 5.79. The first-order valence-electron chi connectivity index (χ1n) is 8.43. The third-order valence-corrected chi connectivity index (χ3v) is 4.07. The lowest BCUT2D eigenvalue weighted by molar-refractivity contribution is -0.136. The number of nitrogens with zero attached hydrogens (tertiary/aromatic N) is 1. The van der Waals surface area contributed by atoms with Crippen LogP contribution in [0, 0.1) is 0 Å². The minimum atomic E-state index is -4.56. The van der Waals surface area contributed by atoms with Gasteiger partial charge in [-0.25, -0.2) is 4.79 Å². The monoisotopic (exact) mass is 426 g/mol. The van der Waals surface area contributed by atoms with Crippen LogP contribution in [0.2, 0.25) is 0 Å². The van der Waals surface area contributed by atoms with E-state index < -0.39 is 17.7 Å². The zero-order valence-electron chi connectivity index (χ0n) is 15.5. The molecule has 0 aliphatic carbocycles. The van der Waals surface area contributed by atoms with Gasteiger partial charge < -0.3 is 14.8 Å². The van der Waals surface area contributed by atoms with Crippen LogP contribution in [0.15, 0.2) is 48.7 Å². The molecule has 2 aromatic carbocycles. The van der Waals surface area contributed by atoms with Crippen molar-refractivity contribution in [3.8, 4) is 5.75 Å². The van der Waals surface area contributed by atoms with Crippen molar-refractivity contribution in [2.45, 2.75) is 13.1 Å². The molecule has 0 amide bonds. The number of pyridine rings is 1. The molecule has 0 atom stereocenters. The highest BCUT2D eigenvalue weighted by atomic mass is 35.5. The second kappa shape index (κ2) is 9.00. The number of alkyl halides is 3. The molecule has 0 fully saturated rings. The summed E-state index contributed by atoms with van der Waals surface area (Å²) in [6.45, 7) is 1.76. The van der Waals surface area contributed by atoms with Gasteiger partial charge in [0, 0.05) is 11.6 Å². The van der Waals surface area contributed by atoms with E-state index in [9.17, 15) is 18.0 Å². The first kappa shape index (κ1) is 22.3. The predicted octanol–water partition coefficient (Wildman–Crippen LogP) is 5.60. The summed E-state index contributed by atoms with van der Waals surface area (Å²) in [6, 6.07) is 10.0. The van der Waals surface area contributed by atoms with Crippen molar-refractivity contribution in [2.75, 3.05) is 19.0 Å². The maximum Gasteiger partial charge on any atom is 0.418 e. The van der Waals surface area contributed by atoms with E-state index >= 15 is 0 Å². The van der Waals surface area contributed by atoms with Gasteiger partial charge in [0.25, 0.3) is 0 Å². The molecule has 5 nitrogen and oxygen atoms in total. The van der Waals surface area contributed by atoms with E-state index in [0.717, 1.165) is 6.07 Å². The van der Waals surface area contributed by atoms with Gasteiger partial charge >= 0.3 is 12.1 Å². The van der Waals surface area contributed by atoms with Gasteiger partial charge in [-0.2, -0.15) is 13.2 Å². The smallest absolute Gasteiger partial charge is 0.418 e. The molecule has 0 unspecified atom stereocenters. The fraction of sp³-hybridized carbons (Fsp3) is 0.200. The largest absolute Gasteiger partial charge is 0.494 e. The van der Waals surface area contributed by atoms with Crippen LogP contribution in [0.25, 0.3) is 10.9 Å². The van der Waals surface area contributed by atoms with Gasteiger partial charge in [-0.05, 0) is 25.1 Å². The Bertz CT molecular complexity index is 1030. The summed E-state index contributed by atoms with van der Waals surface area (Å²) >= 11 is 0. The lowest BCUT2D eigenvalue weighted by atomic mass is 10.1. The summed E-state index contributed by atoms with van der Waals surface area (Å²) in [6.07, 6.45) is -3.30. The molecule has 1 aromatic heterocycles. The zero-order valence-corrected chi connectivity index (χ0v) is 16.4. The standard InChI is InChI=1S/C20H17F3N2O3.ClH/c1-3-28-19(26)13-11-24-18-12(7-6-10-16(18)27-2)17(13)25-15-9-5-4-8-14(15)20(21,22)23;/h4-11H,3H2,1-2H3,(H,24,25);1H. The molecule has 0 aliphatic rings. The number of esters is 1. The third kappa shape index (κ3) is 4.54. The quantitative estimate of drug-likeness (QED) is 0.538. The van der Waals surface area contributed by atoms with Crippen LogP contribution >= 0.6 is 12.4 Å². The topological polar surface area (TPSA) is 60.5 Å². The number of aromatic nitrogens is 1. The highest BCUT2D eigenvalue weighted by Gasteiger charge is 2.33. The molecule has 0 saturated heterocycles. The number of benzene rings is 2. The van der Waals surface area contributed by atoms with E-state index in [-0.39, 0.29) is 36.0 Å². The van der Waals surface area contributed by atoms with Crippen molar-refractivity contribution in [1.82, 2.24) is 4.98 Å². The SMILES string of the molecule is CCOC(=O)c1cnc2c(OC)cccc2c1Nc1ccccc1C(F)(F)F.Cl. The average molecular weight is 427 g/mol. The molecule has 0 bridgehead atoms. The first-order chi connectivity index (χ1) is 13.4. The molecule has 1 N–H and O–H groups in total. The minimum absolute atomic E-state index is 0. The fourth-order valence-corrected chi connectivity index (χ4v) is 2.83. The molecule has 0 radical (unpaired) electrons. The molecule has 3 rings (SSSR count). The maximum absolute atomic E-state index is 13.4. The molecule has 1 heterocycles. The van der Waals surface area contributed by atoms with Crippen molar-refractivity contribution in [3.05, 3.63) is 59.8 Å². The van der Waals surface area contributed by atoms with Gasteiger partial charge in [0.2, 0.25) is 0 Å². The van der Waals surface area contributed by atoms with Gasteiger partial charge in [0.1, 0.15) is 16.8 Å². The van der Waals surface area contributed by atoms with Crippen molar-refractivity contribution in [3.63, 3.8) is 0 Å². The Morgan fingerprint density at radius 2 is 1.86 bits per heavy atom. The van der Waals surface area contributed by atoms with Crippen molar-refractivity contribution < 1.29 is 27.4 Å². The van der Waals surface area contributed by atoms with Gasteiger partial charge in [0.15, 0.2) is 0 Å². The van der Waals surface area contributed by atoms with Crippen molar-refractivity contribution in [1.29, 1.82) is 0 Å². The number of para-hydroxylation sites is 2. The number of carbonyl (C=O) groups is 1. The number of nitrogens with one attached hydrogen (secondary N) is 1. The van der Waals surface area contributed by atoms with Crippen molar-refractivity contribution in [2.24, 2.45) is 0 Å². The average Bonchev–Trinajstić information content (AvgIpc) is 2.67. The van der Waals surface area contributed by atoms with E-state index in [2.05, 4.69) is 10.3 Å². The number of hydrogen-bond acceptors (Lipinski definition) is 5. The van der Waals surface area contributed by atoms with Gasteiger partial charge in [-0.15, -0.1) is 12.4 Å². The van der Waals surface area contributed by atoms with Crippen LogP contribution in [0.5, 0.6) is 5.75 Å². The highest BCUT2D eigenvalue weighted by molar-refractivity contribution is 6.07. The number of rotatable bonds is 5. The number of methoxy groups -OCH3 is 1. The Hall–Kier alpha value is -3.00. The Morgan fingerprint density at radius 1 is 1.14 bits per heavy atom. The zero-order chi connectivity index (χ0) is 20.3. The number of fused-ring (bicyclic) bond motifs is 1. The van der Waals surface area contributed by atoms with Crippen LogP contribution in [0.1, 0.15) is 22.8 Å². The van der Waals surface area contributed by atoms with Crippen molar-refractivity contribution >= 4 is 40.7 Å². The van der Waals surface area contributed by atoms with Gasteiger partial charge in [0.05, 0.1) is 30.7 Å². The Balaban J connectivity index is 0.00000300. The van der Waals surface area contributed by atoms with E-state index in [4.69, 9.17) is 9.47 Å². The summed E-state index contributed by atoms with van der Waals surface area (Å²) in [7, 11) is 1.46. The highest BCUT2D eigenvalue weighted by Crippen LogP contribution is 2.39. The summed E-state index contributed by atoms with van der Waals surface area (Å²) in [5, 5.41) is 3.20. The normalized spacial score (nSPS) is 10.9. The van der Waals surface area contributed by atoms with Gasteiger partial charge in [-0.1, -0.05) is 24.3 Å². The number of carbonyl (C=O) groups excluding carboxylic acids is 1. The predicted molar refractivity (Wildman–Crippen MR) is 106 cm³/mol.